The Kier molecular flexibility index (Phi) is 5.13. The maximum absolute atomic E-state index is 12.8. The van der Waals surface area contributed by atoms with Crippen LogP contribution in [-0.2, 0) is 6.54 Å². The number of nitrogens with one attached hydrogen (secondary N) is 1. The molecule has 1 amide bonds. The summed E-state index contributed by atoms with van der Waals surface area (Å²) < 4.78 is 33.1. The maximum Gasteiger partial charge on any atom is 0.387 e. The van der Waals surface area contributed by atoms with Crippen LogP contribution in [0.3, 0.4) is 0 Å². The van der Waals surface area contributed by atoms with Gasteiger partial charge in [0.2, 0.25) is 0 Å². The predicted octanol–water partition coefficient (Wildman–Crippen LogP) is 3.77. The number of benzene rings is 1. The molecule has 0 spiro atoms. The molecule has 0 bridgehead atoms. The standard InChI is InChI=1S/C20H18F2N6O2/c1-3-27-11-14(12(2)26-27)16-8-9-23-18-13(10-24-28(16)18)19(29)25-15-6-4-5-7-17(15)30-20(21)22/h4-11,20H,3H2,1-2H3,(H,25,29). The second kappa shape index (κ2) is 7.90. The second-order valence-electron chi connectivity index (χ2n) is 6.44. The molecule has 30 heavy (non-hydrogen) atoms. The summed E-state index contributed by atoms with van der Waals surface area (Å²) >= 11 is 0. The summed E-state index contributed by atoms with van der Waals surface area (Å²) in [7, 11) is 0. The molecule has 1 aromatic carbocycles. The molecule has 0 radical (unpaired) electrons. The molecule has 154 valence electrons. The van der Waals surface area contributed by atoms with E-state index in [0.717, 1.165) is 23.5 Å². The summed E-state index contributed by atoms with van der Waals surface area (Å²) in [4.78, 5) is 17.1. The highest BCUT2D eigenvalue weighted by molar-refractivity contribution is 6.08. The molecular formula is C20H18F2N6O2. The topological polar surface area (TPSA) is 86.3 Å². The molecule has 0 aliphatic rings. The zero-order valence-electron chi connectivity index (χ0n) is 16.2. The van der Waals surface area contributed by atoms with Crippen molar-refractivity contribution in [3.8, 4) is 17.0 Å². The number of hydrogen-bond donors (Lipinski definition) is 1. The Morgan fingerprint density at radius 1 is 1.27 bits per heavy atom. The highest BCUT2D eigenvalue weighted by atomic mass is 19.3. The third kappa shape index (κ3) is 3.59. The van der Waals surface area contributed by atoms with Gasteiger partial charge >= 0.3 is 6.61 Å². The average molecular weight is 412 g/mol. The van der Waals surface area contributed by atoms with E-state index < -0.39 is 12.5 Å². The van der Waals surface area contributed by atoms with Crippen LogP contribution in [0.4, 0.5) is 14.5 Å². The molecule has 0 saturated heterocycles. The van der Waals surface area contributed by atoms with Gasteiger partial charge in [0, 0.05) is 24.5 Å². The van der Waals surface area contributed by atoms with E-state index in [9.17, 15) is 13.6 Å². The molecular weight excluding hydrogens is 394 g/mol. The highest BCUT2D eigenvalue weighted by Gasteiger charge is 2.19. The van der Waals surface area contributed by atoms with Gasteiger partial charge in [-0.25, -0.2) is 9.50 Å². The van der Waals surface area contributed by atoms with Crippen LogP contribution in [-0.4, -0.2) is 36.9 Å². The largest absolute Gasteiger partial charge is 0.433 e. The van der Waals surface area contributed by atoms with Crippen LogP contribution in [0.2, 0.25) is 0 Å². The molecule has 1 N–H and O–H groups in total. The van der Waals surface area contributed by atoms with Crippen molar-refractivity contribution in [1.82, 2.24) is 24.4 Å². The first-order chi connectivity index (χ1) is 14.5. The van der Waals surface area contributed by atoms with Crippen LogP contribution >= 0.6 is 0 Å². The lowest BCUT2D eigenvalue weighted by molar-refractivity contribution is -0.0493. The second-order valence-corrected chi connectivity index (χ2v) is 6.44. The number of hydrogen-bond acceptors (Lipinski definition) is 5. The van der Waals surface area contributed by atoms with Crippen molar-refractivity contribution >= 4 is 17.2 Å². The van der Waals surface area contributed by atoms with Crippen molar-refractivity contribution in [2.75, 3.05) is 5.32 Å². The fourth-order valence-corrected chi connectivity index (χ4v) is 3.15. The number of amides is 1. The summed E-state index contributed by atoms with van der Waals surface area (Å²) in [5.41, 5.74) is 3.08. The number of para-hydroxylation sites is 2. The number of halogens is 2. The lowest BCUT2D eigenvalue weighted by Crippen LogP contribution is -2.14. The Morgan fingerprint density at radius 3 is 2.80 bits per heavy atom. The van der Waals surface area contributed by atoms with Gasteiger partial charge in [0.25, 0.3) is 5.91 Å². The number of aromatic nitrogens is 5. The van der Waals surface area contributed by atoms with Crippen molar-refractivity contribution in [3.05, 3.63) is 60.2 Å². The maximum atomic E-state index is 12.8. The minimum Gasteiger partial charge on any atom is -0.433 e. The summed E-state index contributed by atoms with van der Waals surface area (Å²) in [6.07, 6.45) is 4.88. The smallest absolute Gasteiger partial charge is 0.387 e. The first kappa shape index (κ1) is 19.5. The lowest BCUT2D eigenvalue weighted by Gasteiger charge is -2.11. The van der Waals surface area contributed by atoms with Crippen LogP contribution in [0, 0.1) is 6.92 Å². The molecule has 8 nitrogen and oxygen atoms in total. The third-order valence-electron chi connectivity index (χ3n) is 4.54. The number of ether oxygens (including phenoxy) is 1. The van der Waals surface area contributed by atoms with Gasteiger partial charge in [-0.3, -0.25) is 9.48 Å². The molecule has 0 atom stereocenters. The third-order valence-corrected chi connectivity index (χ3v) is 4.54. The number of fused-ring (bicyclic) bond motifs is 1. The van der Waals surface area contributed by atoms with Gasteiger partial charge in [0.05, 0.1) is 23.3 Å². The van der Waals surface area contributed by atoms with E-state index in [1.54, 1.807) is 22.8 Å². The molecule has 0 saturated carbocycles. The molecule has 0 unspecified atom stereocenters. The van der Waals surface area contributed by atoms with E-state index in [1.807, 2.05) is 24.7 Å². The van der Waals surface area contributed by atoms with Crippen molar-refractivity contribution in [3.63, 3.8) is 0 Å². The van der Waals surface area contributed by atoms with Crippen LogP contribution in [0.1, 0.15) is 23.0 Å². The number of carbonyl (C=O) groups is 1. The average Bonchev–Trinajstić information content (AvgIpc) is 3.32. The van der Waals surface area contributed by atoms with E-state index >= 15 is 0 Å². The molecule has 0 aliphatic heterocycles. The molecule has 3 aromatic heterocycles. The minimum absolute atomic E-state index is 0.123. The fraction of sp³-hybridized carbons (Fsp3) is 0.200. The first-order valence-electron chi connectivity index (χ1n) is 9.20. The van der Waals surface area contributed by atoms with Crippen molar-refractivity contribution in [2.45, 2.75) is 27.0 Å². The Labute approximate surface area is 170 Å². The quantitative estimate of drug-likeness (QED) is 0.521. The molecule has 4 rings (SSSR count). The number of alkyl halides is 2. The Morgan fingerprint density at radius 2 is 2.07 bits per heavy atom. The monoisotopic (exact) mass is 412 g/mol. The molecule has 3 heterocycles. The number of aryl methyl sites for hydroxylation is 2. The van der Waals surface area contributed by atoms with Crippen LogP contribution in [0.15, 0.2) is 48.9 Å². The van der Waals surface area contributed by atoms with Crippen LogP contribution < -0.4 is 10.1 Å². The molecule has 10 heteroatoms. The van der Waals surface area contributed by atoms with Gasteiger partial charge in [-0.05, 0) is 32.0 Å². The van der Waals surface area contributed by atoms with E-state index in [1.165, 1.54) is 24.4 Å². The predicted molar refractivity (Wildman–Crippen MR) is 106 cm³/mol. The van der Waals surface area contributed by atoms with Gasteiger partial charge in [-0.2, -0.15) is 19.0 Å². The van der Waals surface area contributed by atoms with Gasteiger partial charge < -0.3 is 10.1 Å². The molecule has 4 aromatic rings. The number of rotatable bonds is 6. The van der Waals surface area contributed by atoms with E-state index in [4.69, 9.17) is 0 Å². The van der Waals surface area contributed by atoms with E-state index in [0.29, 0.717) is 5.65 Å². The Bertz CT molecular complexity index is 1220. The normalized spacial score (nSPS) is 11.2. The molecule has 0 fully saturated rings. The SMILES string of the molecule is CCn1cc(-c2ccnc3c(C(=O)Nc4ccccc4OC(F)F)cnn23)c(C)n1. The number of carbonyl (C=O) groups excluding carboxylic acids is 1. The van der Waals surface area contributed by atoms with Crippen LogP contribution in [0.5, 0.6) is 5.75 Å². The van der Waals surface area contributed by atoms with Gasteiger partial charge in [-0.15, -0.1) is 0 Å². The van der Waals surface area contributed by atoms with Gasteiger partial charge in [0.15, 0.2) is 5.65 Å². The van der Waals surface area contributed by atoms with E-state index in [-0.39, 0.29) is 17.0 Å². The zero-order valence-corrected chi connectivity index (χ0v) is 16.2. The Balaban J connectivity index is 1.70. The summed E-state index contributed by atoms with van der Waals surface area (Å²) in [6.45, 7) is 1.60. The van der Waals surface area contributed by atoms with E-state index in [2.05, 4.69) is 25.2 Å². The first-order valence-corrected chi connectivity index (χ1v) is 9.20. The van der Waals surface area contributed by atoms with Crippen molar-refractivity contribution in [2.24, 2.45) is 0 Å². The fourth-order valence-electron chi connectivity index (χ4n) is 3.15. The minimum atomic E-state index is -3.00. The number of anilines is 1. The lowest BCUT2D eigenvalue weighted by atomic mass is 10.2. The van der Waals surface area contributed by atoms with Gasteiger partial charge in [0.1, 0.15) is 11.3 Å². The van der Waals surface area contributed by atoms with Crippen molar-refractivity contribution < 1.29 is 18.3 Å². The summed E-state index contributed by atoms with van der Waals surface area (Å²) in [5.74, 6) is -0.672. The number of nitrogens with zero attached hydrogens (tertiary/aromatic N) is 5. The highest BCUT2D eigenvalue weighted by Crippen LogP contribution is 2.27. The van der Waals surface area contributed by atoms with Gasteiger partial charge in [-0.1, -0.05) is 12.1 Å². The van der Waals surface area contributed by atoms with Crippen molar-refractivity contribution in [1.29, 1.82) is 0 Å². The summed E-state index contributed by atoms with van der Waals surface area (Å²) in [5, 5.41) is 11.3. The zero-order chi connectivity index (χ0) is 21.3. The van der Waals surface area contributed by atoms with Crippen LogP contribution in [0.25, 0.3) is 16.9 Å². The Hall–Kier alpha value is -3.82. The molecule has 0 aliphatic carbocycles. The summed E-state index contributed by atoms with van der Waals surface area (Å²) in [6, 6.07) is 7.76.